The molecular weight excluding hydrogens is 326 g/mol. The predicted octanol–water partition coefficient (Wildman–Crippen LogP) is 3.00. The molecule has 3 aromatic rings. The van der Waals surface area contributed by atoms with E-state index in [0.717, 1.165) is 22.4 Å². The zero-order valence-corrected chi connectivity index (χ0v) is 14.2. The van der Waals surface area contributed by atoms with Gasteiger partial charge in [-0.1, -0.05) is 24.0 Å². The second-order valence-corrected chi connectivity index (χ2v) is 5.65. The number of pyridine rings is 2. The fourth-order valence-electron chi connectivity index (χ4n) is 2.39. The summed E-state index contributed by atoms with van der Waals surface area (Å²) in [6.45, 7) is 1.81. The van der Waals surface area contributed by atoms with Crippen LogP contribution in [0.25, 0.3) is 22.5 Å². The van der Waals surface area contributed by atoms with Crippen molar-refractivity contribution in [2.24, 2.45) is 0 Å². The third-order valence-electron chi connectivity index (χ3n) is 3.76. The number of nitrogens with one attached hydrogen (secondary N) is 1. The molecule has 2 N–H and O–H groups in total. The van der Waals surface area contributed by atoms with Gasteiger partial charge >= 0.3 is 0 Å². The van der Waals surface area contributed by atoms with Gasteiger partial charge in [0.25, 0.3) is 0 Å². The number of hydrogen-bond acceptors (Lipinski definition) is 4. The molecule has 5 heteroatoms. The minimum atomic E-state index is -0.213. The van der Waals surface area contributed by atoms with Gasteiger partial charge in [-0.15, -0.1) is 0 Å². The maximum atomic E-state index is 10.4. The van der Waals surface area contributed by atoms with Gasteiger partial charge in [0.15, 0.2) is 0 Å². The Balaban J connectivity index is 1.88. The topological polar surface area (TPSA) is 75.1 Å². The highest BCUT2D eigenvalue weighted by Gasteiger charge is 2.09. The molecule has 3 rings (SSSR count). The number of hydrogen-bond donors (Lipinski definition) is 2. The molecule has 0 saturated carbocycles. The molecule has 0 saturated heterocycles. The number of amides is 1. The molecule has 1 amide bonds. The van der Waals surface area contributed by atoms with Crippen molar-refractivity contribution in [2.75, 3.05) is 0 Å². The maximum Gasteiger partial charge on any atom is 0.208 e. The monoisotopic (exact) mass is 343 g/mol. The molecule has 128 valence electrons. The second-order valence-electron chi connectivity index (χ2n) is 5.65. The Hall–Kier alpha value is -3.65. The summed E-state index contributed by atoms with van der Waals surface area (Å²) in [4.78, 5) is 19.0. The molecule has 0 aliphatic rings. The standard InChI is InChI=1S/C21H17N3O2/c1-15(23-14-25)2-3-16-4-6-18(7-5-16)21-20(26)9-8-19(24-21)17-10-12-22-13-11-17/h4-15,26H,1H3,(H,23,25). The summed E-state index contributed by atoms with van der Waals surface area (Å²) in [5.74, 6) is 6.05. The van der Waals surface area contributed by atoms with Crippen LogP contribution in [0.2, 0.25) is 0 Å². The second kappa shape index (κ2) is 7.95. The fraction of sp³-hybridized carbons (Fsp3) is 0.0952. The number of benzene rings is 1. The predicted molar refractivity (Wildman–Crippen MR) is 100 cm³/mol. The fourth-order valence-corrected chi connectivity index (χ4v) is 2.39. The first kappa shape index (κ1) is 17.2. The summed E-state index contributed by atoms with van der Waals surface area (Å²) in [6, 6.07) is 14.4. The molecule has 0 radical (unpaired) electrons. The minimum Gasteiger partial charge on any atom is -0.506 e. The largest absolute Gasteiger partial charge is 0.506 e. The lowest BCUT2D eigenvalue weighted by molar-refractivity contribution is -0.109. The minimum absolute atomic E-state index is 0.116. The first-order chi connectivity index (χ1) is 12.7. The van der Waals surface area contributed by atoms with E-state index < -0.39 is 0 Å². The van der Waals surface area contributed by atoms with E-state index in [4.69, 9.17) is 0 Å². The quantitative estimate of drug-likeness (QED) is 0.564. The third-order valence-corrected chi connectivity index (χ3v) is 3.76. The summed E-state index contributed by atoms with van der Waals surface area (Å²) >= 11 is 0. The summed E-state index contributed by atoms with van der Waals surface area (Å²) < 4.78 is 0. The molecule has 2 heterocycles. The molecule has 26 heavy (non-hydrogen) atoms. The van der Waals surface area contributed by atoms with Crippen molar-refractivity contribution in [1.82, 2.24) is 15.3 Å². The smallest absolute Gasteiger partial charge is 0.208 e. The Kier molecular flexibility index (Phi) is 5.25. The molecule has 0 aliphatic heterocycles. The van der Waals surface area contributed by atoms with Crippen LogP contribution in [0.3, 0.4) is 0 Å². The lowest BCUT2D eigenvalue weighted by Gasteiger charge is -2.07. The van der Waals surface area contributed by atoms with Gasteiger partial charge in [-0.2, -0.15) is 0 Å². The van der Waals surface area contributed by atoms with Crippen LogP contribution in [0.5, 0.6) is 5.75 Å². The van der Waals surface area contributed by atoms with E-state index in [0.29, 0.717) is 12.1 Å². The zero-order valence-electron chi connectivity index (χ0n) is 14.2. The van der Waals surface area contributed by atoms with Crippen LogP contribution in [0.15, 0.2) is 60.9 Å². The van der Waals surface area contributed by atoms with Crippen molar-refractivity contribution in [1.29, 1.82) is 0 Å². The molecule has 2 aromatic heterocycles. The van der Waals surface area contributed by atoms with Crippen molar-refractivity contribution >= 4 is 6.41 Å². The van der Waals surface area contributed by atoms with E-state index in [1.54, 1.807) is 24.5 Å². The summed E-state index contributed by atoms with van der Waals surface area (Å²) in [5, 5.41) is 12.8. The Labute approximate surface area is 151 Å². The molecule has 0 fully saturated rings. The van der Waals surface area contributed by atoms with Crippen LogP contribution < -0.4 is 5.32 Å². The number of aromatic nitrogens is 2. The average molecular weight is 343 g/mol. The summed E-state index contributed by atoms with van der Waals surface area (Å²) in [6.07, 6.45) is 4.04. The molecule has 0 bridgehead atoms. The van der Waals surface area contributed by atoms with E-state index in [9.17, 15) is 9.90 Å². The summed E-state index contributed by atoms with van der Waals surface area (Å²) in [7, 11) is 0. The number of carbonyl (C=O) groups excluding carboxylic acids is 1. The van der Waals surface area contributed by atoms with Crippen LogP contribution in [-0.2, 0) is 4.79 Å². The molecule has 1 atom stereocenters. The lowest BCUT2D eigenvalue weighted by atomic mass is 10.1. The Morgan fingerprint density at radius 3 is 2.46 bits per heavy atom. The molecule has 0 aliphatic carbocycles. The number of aromatic hydroxyl groups is 1. The molecule has 0 spiro atoms. The molecule has 1 aromatic carbocycles. The normalized spacial score (nSPS) is 11.1. The van der Waals surface area contributed by atoms with Crippen LogP contribution in [0.1, 0.15) is 12.5 Å². The van der Waals surface area contributed by atoms with Crippen molar-refractivity contribution in [3.8, 4) is 40.1 Å². The number of nitrogens with zero attached hydrogens (tertiary/aromatic N) is 2. The van der Waals surface area contributed by atoms with E-state index in [1.807, 2.05) is 43.3 Å². The molecule has 5 nitrogen and oxygen atoms in total. The summed E-state index contributed by atoms with van der Waals surface area (Å²) in [5.41, 5.74) is 3.81. The van der Waals surface area contributed by atoms with Gasteiger partial charge in [-0.25, -0.2) is 4.98 Å². The van der Waals surface area contributed by atoms with E-state index >= 15 is 0 Å². The van der Waals surface area contributed by atoms with Gasteiger partial charge in [0.05, 0.1) is 11.7 Å². The van der Waals surface area contributed by atoms with Crippen molar-refractivity contribution in [2.45, 2.75) is 13.0 Å². The van der Waals surface area contributed by atoms with E-state index in [2.05, 4.69) is 27.1 Å². The van der Waals surface area contributed by atoms with Gasteiger partial charge in [0.1, 0.15) is 11.4 Å². The van der Waals surface area contributed by atoms with Crippen LogP contribution in [0.4, 0.5) is 0 Å². The van der Waals surface area contributed by atoms with Crippen molar-refractivity contribution in [3.63, 3.8) is 0 Å². The Bertz CT molecular complexity index is 958. The van der Waals surface area contributed by atoms with Gasteiger partial charge in [-0.05, 0) is 43.3 Å². The first-order valence-corrected chi connectivity index (χ1v) is 8.09. The highest BCUT2D eigenvalue weighted by Crippen LogP contribution is 2.30. The zero-order chi connectivity index (χ0) is 18.4. The highest BCUT2D eigenvalue weighted by atomic mass is 16.3. The highest BCUT2D eigenvalue weighted by molar-refractivity contribution is 5.71. The van der Waals surface area contributed by atoms with E-state index in [1.165, 1.54) is 0 Å². The lowest BCUT2D eigenvalue weighted by Crippen LogP contribution is -2.22. The number of rotatable bonds is 4. The molecular formula is C21H17N3O2. The average Bonchev–Trinajstić information content (AvgIpc) is 2.68. The maximum absolute atomic E-state index is 10.4. The van der Waals surface area contributed by atoms with Crippen LogP contribution in [-0.4, -0.2) is 27.5 Å². The van der Waals surface area contributed by atoms with Crippen molar-refractivity contribution < 1.29 is 9.90 Å². The van der Waals surface area contributed by atoms with Crippen LogP contribution >= 0.6 is 0 Å². The van der Waals surface area contributed by atoms with Gasteiger partial charge < -0.3 is 10.4 Å². The first-order valence-electron chi connectivity index (χ1n) is 8.09. The molecule has 1 unspecified atom stereocenters. The number of carbonyl (C=O) groups is 1. The van der Waals surface area contributed by atoms with Crippen molar-refractivity contribution in [3.05, 3.63) is 66.5 Å². The Morgan fingerprint density at radius 2 is 1.77 bits per heavy atom. The van der Waals surface area contributed by atoms with Gasteiger partial charge in [0.2, 0.25) is 6.41 Å². The third kappa shape index (κ3) is 4.05. The Morgan fingerprint density at radius 1 is 1.04 bits per heavy atom. The van der Waals surface area contributed by atoms with Gasteiger partial charge in [0, 0.05) is 29.1 Å². The van der Waals surface area contributed by atoms with E-state index in [-0.39, 0.29) is 11.8 Å². The van der Waals surface area contributed by atoms with Gasteiger partial charge in [-0.3, -0.25) is 9.78 Å². The SMILES string of the molecule is CC(C#Cc1ccc(-c2nc(-c3ccncc3)ccc2O)cc1)NC=O. The van der Waals surface area contributed by atoms with Crippen LogP contribution in [0, 0.1) is 11.8 Å².